The number of pyridine rings is 1. The SMILES string of the molecule is C=C1Nc2nc(-c3nn(Cc4ccccc4F)c4ncccc34)nc(C(=O)NCCC(N)=O)c2C1(C)C. The van der Waals surface area contributed by atoms with E-state index in [0.717, 1.165) is 0 Å². The van der Waals surface area contributed by atoms with Crippen LogP contribution in [0.2, 0.25) is 0 Å². The number of aromatic nitrogens is 5. The van der Waals surface area contributed by atoms with Crippen LogP contribution in [-0.4, -0.2) is 43.1 Å². The molecular formula is C26H25FN8O2. The summed E-state index contributed by atoms with van der Waals surface area (Å²) in [5, 5.41) is 11.2. The quantitative estimate of drug-likeness (QED) is 0.354. The summed E-state index contributed by atoms with van der Waals surface area (Å²) in [4.78, 5) is 38.1. The molecule has 5 rings (SSSR count). The van der Waals surface area contributed by atoms with E-state index in [-0.39, 0.29) is 36.8 Å². The van der Waals surface area contributed by atoms with Crippen molar-refractivity contribution in [3.8, 4) is 11.5 Å². The Bertz CT molecular complexity index is 1580. The number of anilines is 1. The van der Waals surface area contributed by atoms with E-state index in [1.54, 1.807) is 35.1 Å². The van der Waals surface area contributed by atoms with Crippen LogP contribution in [0.25, 0.3) is 22.6 Å². The van der Waals surface area contributed by atoms with Crippen LogP contribution >= 0.6 is 0 Å². The number of benzene rings is 1. The molecular weight excluding hydrogens is 475 g/mol. The standard InChI is InChI=1S/C26H25FN8O2/c1-14-26(2,3)19-21(25(37)30-12-10-18(28)36)32-23(33-22(19)31-14)20-16-8-6-11-29-24(16)35(34-20)13-15-7-4-5-9-17(15)27/h4-9,11H,1,10,12-13H2,2-3H3,(H2,28,36)(H,30,37)(H,31,32,33). The molecule has 0 radical (unpaired) electrons. The van der Waals surface area contributed by atoms with Crippen LogP contribution in [-0.2, 0) is 16.8 Å². The highest BCUT2D eigenvalue weighted by Crippen LogP contribution is 2.44. The van der Waals surface area contributed by atoms with E-state index < -0.39 is 17.2 Å². The fourth-order valence-electron chi connectivity index (χ4n) is 4.32. The molecule has 1 aromatic carbocycles. The topological polar surface area (TPSA) is 141 Å². The highest BCUT2D eigenvalue weighted by molar-refractivity contribution is 5.98. The van der Waals surface area contributed by atoms with E-state index in [1.165, 1.54) is 6.07 Å². The van der Waals surface area contributed by atoms with E-state index in [0.29, 0.717) is 39.4 Å². The first-order chi connectivity index (χ1) is 17.7. The van der Waals surface area contributed by atoms with Gasteiger partial charge >= 0.3 is 0 Å². The maximum atomic E-state index is 14.4. The third kappa shape index (κ3) is 4.28. The van der Waals surface area contributed by atoms with Gasteiger partial charge in [0, 0.05) is 41.4 Å². The van der Waals surface area contributed by atoms with Crippen LogP contribution in [0.4, 0.5) is 10.2 Å². The number of carbonyl (C=O) groups is 2. The number of hydrogen-bond donors (Lipinski definition) is 3. The van der Waals surface area contributed by atoms with Gasteiger partial charge in [-0.2, -0.15) is 5.10 Å². The number of halogens is 1. The minimum Gasteiger partial charge on any atom is -0.370 e. The molecule has 10 nitrogen and oxygen atoms in total. The predicted molar refractivity (Wildman–Crippen MR) is 136 cm³/mol. The van der Waals surface area contributed by atoms with Crippen molar-refractivity contribution in [1.82, 2.24) is 30.0 Å². The lowest BCUT2D eigenvalue weighted by atomic mass is 9.84. The summed E-state index contributed by atoms with van der Waals surface area (Å²) in [5.74, 6) is -0.706. The first kappa shape index (κ1) is 24.0. The number of carbonyl (C=O) groups excluding carboxylic acids is 2. The van der Waals surface area contributed by atoms with E-state index in [4.69, 9.17) is 10.7 Å². The summed E-state index contributed by atoms with van der Waals surface area (Å²) in [7, 11) is 0. The maximum absolute atomic E-state index is 14.4. The Morgan fingerprint density at radius 1 is 1.19 bits per heavy atom. The number of primary amides is 1. The molecule has 1 aliphatic rings. The number of fused-ring (bicyclic) bond motifs is 2. The molecule has 0 spiro atoms. The first-order valence-electron chi connectivity index (χ1n) is 11.7. The average Bonchev–Trinajstić information content (AvgIpc) is 3.33. The second kappa shape index (κ2) is 9.08. The van der Waals surface area contributed by atoms with Gasteiger partial charge in [-0.15, -0.1) is 0 Å². The van der Waals surface area contributed by atoms with Gasteiger partial charge in [0.1, 0.15) is 23.0 Å². The molecule has 0 saturated carbocycles. The maximum Gasteiger partial charge on any atom is 0.270 e. The largest absolute Gasteiger partial charge is 0.370 e. The molecule has 4 aromatic rings. The third-order valence-corrected chi connectivity index (χ3v) is 6.43. The van der Waals surface area contributed by atoms with E-state index in [1.807, 2.05) is 19.9 Å². The normalized spacial score (nSPS) is 13.9. The minimum atomic E-state index is -0.627. The summed E-state index contributed by atoms with van der Waals surface area (Å²) in [6, 6.07) is 10.0. The van der Waals surface area contributed by atoms with Gasteiger partial charge in [0.25, 0.3) is 5.91 Å². The van der Waals surface area contributed by atoms with Crippen molar-refractivity contribution in [2.75, 3.05) is 11.9 Å². The highest BCUT2D eigenvalue weighted by atomic mass is 19.1. The average molecular weight is 501 g/mol. The van der Waals surface area contributed by atoms with Gasteiger partial charge in [-0.3, -0.25) is 9.59 Å². The summed E-state index contributed by atoms with van der Waals surface area (Å²) >= 11 is 0. The van der Waals surface area contributed by atoms with Gasteiger partial charge in [-0.05, 0) is 18.2 Å². The molecule has 37 heavy (non-hydrogen) atoms. The smallest absolute Gasteiger partial charge is 0.270 e. The molecule has 188 valence electrons. The number of rotatable bonds is 7. The van der Waals surface area contributed by atoms with Crippen molar-refractivity contribution in [2.24, 2.45) is 5.73 Å². The number of nitrogens with one attached hydrogen (secondary N) is 2. The zero-order chi connectivity index (χ0) is 26.3. The van der Waals surface area contributed by atoms with Gasteiger partial charge in [-0.25, -0.2) is 24.0 Å². The summed E-state index contributed by atoms with van der Waals surface area (Å²) < 4.78 is 16.0. The number of nitrogens with zero attached hydrogens (tertiary/aromatic N) is 5. The van der Waals surface area contributed by atoms with E-state index in [9.17, 15) is 14.0 Å². The molecule has 0 saturated heterocycles. The molecule has 0 bridgehead atoms. The first-order valence-corrected chi connectivity index (χ1v) is 11.7. The van der Waals surface area contributed by atoms with Crippen molar-refractivity contribution in [1.29, 1.82) is 0 Å². The lowest BCUT2D eigenvalue weighted by Crippen LogP contribution is -2.31. The number of nitrogens with two attached hydrogens (primary N) is 1. The predicted octanol–water partition coefficient (Wildman–Crippen LogP) is 2.90. The molecule has 0 atom stereocenters. The lowest BCUT2D eigenvalue weighted by Gasteiger charge is -2.21. The molecule has 3 aromatic heterocycles. The molecule has 0 unspecified atom stereocenters. The summed E-state index contributed by atoms with van der Waals surface area (Å²) in [5.41, 5.74) is 7.35. The molecule has 0 fully saturated rings. The minimum absolute atomic E-state index is 0.00299. The van der Waals surface area contributed by atoms with Crippen molar-refractivity contribution in [3.05, 3.63) is 77.5 Å². The fraction of sp³-hybridized carbons (Fsp3) is 0.231. The van der Waals surface area contributed by atoms with Gasteiger partial charge in [0.15, 0.2) is 11.5 Å². The Kier molecular flexibility index (Phi) is 5.90. The Labute approximate surface area is 211 Å². The molecule has 2 amide bonds. The fourth-order valence-corrected chi connectivity index (χ4v) is 4.32. The Balaban J connectivity index is 1.64. The van der Waals surface area contributed by atoms with Crippen molar-refractivity contribution < 1.29 is 14.0 Å². The number of amides is 2. The van der Waals surface area contributed by atoms with Crippen molar-refractivity contribution in [3.63, 3.8) is 0 Å². The van der Waals surface area contributed by atoms with Crippen LogP contribution in [0.15, 0.2) is 54.9 Å². The third-order valence-electron chi connectivity index (χ3n) is 6.43. The Morgan fingerprint density at radius 2 is 1.97 bits per heavy atom. The van der Waals surface area contributed by atoms with Gasteiger partial charge in [0.2, 0.25) is 5.91 Å². The van der Waals surface area contributed by atoms with Crippen LogP contribution in [0.3, 0.4) is 0 Å². The molecule has 4 N–H and O–H groups in total. The van der Waals surface area contributed by atoms with E-state index in [2.05, 4.69) is 32.3 Å². The molecule has 0 aliphatic carbocycles. The van der Waals surface area contributed by atoms with Gasteiger partial charge in [-0.1, -0.05) is 38.6 Å². The molecule has 11 heteroatoms. The second-order valence-corrected chi connectivity index (χ2v) is 9.29. The van der Waals surface area contributed by atoms with Crippen LogP contribution < -0.4 is 16.4 Å². The number of allylic oxidation sites excluding steroid dienone is 1. The monoisotopic (exact) mass is 500 g/mol. The zero-order valence-electron chi connectivity index (χ0n) is 20.4. The van der Waals surface area contributed by atoms with Crippen LogP contribution in [0.1, 0.15) is 41.9 Å². The number of hydrogen-bond acceptors (Lipinski definition) is 7. The van der Waals surface area contributed by atoms with Crippen LogP contribution in [0.5, 0.6) is 0 Å². The van der Waals surface area contributed by atoms with Gasteiger partial charge in [0.05, 0.1) is 11.9 Å². The Morgan fingerprint density at radius 3 is 2.73 bits per heavy atom. The van der Waals surface area contributed by atoms with E-state index >= 15 is 0 Å². The van der Waals surface area contributed by atoms with Crippen molar-refractivity contribution >= 4 is 28.7 Å². The summed E-state index contributed by atoms with van der Waals surface area (Å²) in [6.45, 7) is 8.13. The second-order valence-electron chi connectivity index (χ2n) is 9.29. The Hall–Kier alpha value is -4.67. The van der Waals surface area contributed by atoms with Gasteiger partial charge < -0.3 is 16.4 Å². The summed E-state index contributed by atoms with van der Waals surface area (Å²) in [6.07, 6.45) is 1.62. The molecule has 4 heterocycles. The highest BCUT2D eigenvalue weighted by Gasteiger charge is 2.40. The molecule has 1 aliphatic heterocycles. The van der Waals surface area contributed by atoms with Crippen LogP contribution in [0, 0.1) is 5.82 Å². The zero-order valence-corrected chi connectivity index (χ0v) is 20.4. The van der Waals surface area contributed by atoms with Crippen molar-refractivity contribution in [2.45, 2.75) is 32.2 Å². The lowest BCUT2D eigenvalue weighted by molar-refractivity contribution is -0.117.